The van der Waals surface area contributed by atoms with Crippen LogP contribution in [0.25, 0.3) is 0 Å². The molecule has 0 radical (unpaired) electrons. The van der Waals surface area contributed by atoms with Crippen molar-refractivity contribution in [1.29, 1.82) is 0 Å². The summed E-state index contributed by atoms with van der Waals surface area (Å²) in [6.45, 7) is 2.40. The molecule has 0 aliphatic rings. The number of aryl methyl sites for hydroxylation is 1. The zero-order chi connectivity index (χ0) is 13.7. The summed E-state index contributed by atoms with van der Waals surface area (Å²) in [5.74, 6) is 1.43. The number of rotatable bonds is 5. The molecule has 19 heavy (non-hydrogen) atoms. The molecule has 100 valence electrons. The van der Waals surface area contributed by atoms with Gasteiger partial charge in [0, 0.05) is 6.42 Å². The monoisotopic (exact) mass is 262 g/mol. The van der Waals surface area contributed by atoms with Crippen LogP contribution in [0, 0.1) is 0 Å². The zero-order valence-corrected chi connectivity index (χ0v) is 10.7. The van der Waals surface area contributed by atoms with Gasteiger partial charge < -0.3 is 14.5 Å². The lowest BCUT2D eigenvalue weighted by molar-refractivity contribution is 0.0593. The lowest BCUT2D eigenvalue weighted by atomic mass is 10.4. The fourth-order valence-electron chi connectivity index (χ4n) is 1.40. The predicted octanol–water partition coefficient (Wildman–Crippen LogP) is 1.43. The number of nitrogens with one attached hydrogen (secondary N) is 1. The van der Waals surface area contributed by atoms with Crippen LogP contribution in [-0.2, 0) is 17.7 Å². The van der Waals surface area contributed by atoms with Crippen molar-refractivity contribution in [2.45, 2.75) is 19.9 Å². The minimum atomic E-state index is -0.515. The van der Waals surface area contributed by atoms with E-state index in [0.717, 1.165) is 12.2 Å². The summed E-state index contributed by atoms with van der Waals surface area (Å²) in [7, 11) is 1.30. The molecular weight excluding hydrogens is 248 g/mol. The number of hydrogen-bond acceptors (Lipinski definition) is 7. The molecule has 7 heteroatoms. The van der Waals surface area contributed by atoms with E-state index >= 15 is 0 Å². The average molecular weight is 262 g/mol. The highest BCUT2D eigenvalue weighted by Crippen LogP contribution is 2.08. The fraction of sp³-hybridized carbons (Fsp3) is 0.333. The molecule has 0 fully saturated rings. The smallest absolute Gasteiger partial charge is 0.358 e. The molecule has 1 N–H and O–H groups in total. The Balaban J connectivity index is 1.94. The van der Waals surface area contributed by atoms with Gasteiger partial charge in [0.2, 0.25) is 5.89 Å². The third-order valence-corrected chi connectivity index (χ3v) is 2.43. The first-order valence-corrected chi connectivity index (χ1v) is 5.82. The second-order valence-electron chi connectivity index (χ2n) is 3.72. The van der Waals surface area contributed by atoms with E-state index in [1.165, 1.54) is 13.2 Å². The fourth-order valence-corrected chi connectivity index (χ4v) is 1.40. The molecule has 0 saturated heterocycles. The van der Waals surface area contributed by atoms with Crippen LogP contribution in [0.3, 0.4) is 0 Å². The first-order valence-electron chi connectivity index (χ1n) is 5.82. The van der Waals surface area contributed by atoms with E-state index in [1.807, 2.05) is 6.92 Å². The summed E-state index contributed by atoms with van der Waals surface area (Å²) in [6.07, 6.45) is 2.50. The van der Waals surface area contributed by atoms with Gasteiger partial charge >= 0.3 is 5.97 Å². The Kier molecular flexibility index (Phi) is 4.07. The van der Waals surface area contributed by atoms with Crippen LogP contribution < -0.4 is 5.32 Å². The number of nitrogens with zero attached hydrogens (tertiary/aromatic N) is 3. The summed E-state index contributed by atoms with van der Waals surface area (Å²) in [5.41, 5.74) is 0.164. The first kappa shape index (κ1) is 13.0. The van der Waals surface area contributed by atoms with Crippen molar-refractivity contribution in [3.05, 3.63) is 35.7 Å². The number of esters is 1. The van der Waals surface area contributed by atoms with E-state index in [2.05, 4.69) is 25.2 Å². The molecule has 2 aromatic heterocycles. The molecule has 7 nitrogen and oxygen atoms in total. The molecule has 0 aliphatic carbocycles. The van der Waals surface area contributed by atoms with E-state index in [-0.39, 0.29) is 5.69 Å². The molecule has 2 heterocycles. The molecule has 0 saturated carbocycles. The van der Waals surface area contributed by atoms with Crippen molar-refractivity contribution >= 4 is 11.8 Å². The van der Waals surface area contributed by atoms with E-state index in [1.54, 1.807) is 12.3 Å². The molecule has 0 aromatic carbocycles. The van der Waals surface area contributed by atoms with Gasteiger partial charge in [0.15, 0.2) is 5.69 Å². The Bertz CT molecular complexity index is 550. The van der Waals surface area contributed by atoms with Gasteiger partial charge in [-0.25, -0.2) is 9.78 Å². The van der Waals surface area contributed by atoms with Gasteiger partial charge in [-0.15, -0.1) is 10.2 Å². The molecule has 0 aliphatic heterocycles. The Hall–Kier alpha value is -2.44. The highest BCUT2D eigenvalue weighted by molar-refractivity contribution is 5.86. The van der Waals surface area contributed by atoms with Crippen molar-refractivity contribution < 1.29 is 13.9 Å². The third kappa shape index (κ3) is 3.27. The van der Waals surface area contributed by atoms with Gasteiger partial charge in [-0.2, -0.15) is 0 Å². The number of carbonyl (C=O) groups excluding carboxylic acids is 1. The molecule has 2 rings (SSSR count). The number of methoxy groups -OCH3 is 1. The highest BCUT2D eigenvalue weighted by Gasteiger charge is 2.08. The van der Waals surface area contributed by atoms with Crippen LogP contribution in [0.15, 0.2) is 22.7 Å². The van der Waals surface area contributed by atoms with Gasteiger partial charge in [0.1, 0.15) is 11.6 Å². The number of anilines is 1. The van der Waals surface area contributed by atoms with Gasteiger partial charge in [-0.05, 0) is 12.1 Å². The summed E-state index contributed by atoms with van der Waals surface area (Å²) < 4.78 is 9.97. The topological polar surface area (TPSA) is 90.1 Å². The molecule has 2 aromatic rings. The lowest BCUT2D eigenvalue weighted by Crippen LogP contribution is -2.08. The van der Waals surface area contributed by atoms with Crippen molar-refractivity contribution in [3.63, 3.8) is 0 Å². The van der Waals surface area contributed by atoms with Crippen molar-refractivity contribution in [1.82, 2.24) is 15.2 Å². The van der Waals surface area contributed by atoms with E-state index < -0.39 is 5.97 Å². The maximum Gasteiger partial charge on any atom is 0.358 e. The molecular formula is C12H14N4O3. The largest absolute Gasteiger partial charge is 0.464 e. The summed E-state index contributed by atoms with van der Waals surface area (Å²) in [4.78, 5) is 15.3. The van der Waals surface area contributed by atoms with Crippen LogP contribution in [0.1, 0.15) is 29.1 Å². The van der Waals surface area contributed by atoms with Gasteiger partial charge in [-0.3, -0.25) is 0 Å². The molecule has 0 spiro atoms. The molecule has 0 unspecified atom stereocenters. The first-order chi connectivity index (χ1) is 9.22. The maximum atomic E-state index is 11.2. The number of carbonyl (C=O) groups is 1. The van der Waals surface area contributed by atoms with Crippen molar-refractivity contribution in [2.24, 2.45) is 0 Å². The number of oxazole rings is 1. The van der Waals surface area contributed by atoms with Gasteiger partial charge in [0.25, 0.3) is 0 Å². The van der Waals surface area contributed by atoms with E-state index in [9.17, 15) is 4.79 Å². The van der Waals surface area contributed by atoms with Crippen LogP contribution in [0.4, 0.5) is 5.82 Å². The highest BCUT2D eigenvalue weighted by atomic mass is 16.5. The molecule has 0 bridgehead atoms. The standard InChI is InChI=1S/C12H14N4O3/c1-3-8-6-14-11(19-8)7-13-10-5-4-9(15-16-10)12(17)18-2/h4-6H,3,7H2,1-2H3,(H,13,16). The summed E-state index contributed by atoms with van der Waals surface area (Å²) in [6, 6.07) is 3.18. The Labute approximate surface area is 110 Å². The van der Waals surface area contributed by atoms with Crippen LogP contribution in [0.2, 0.25) is 0 Å². The number of aromatic nitrogens is 3. The quantitative estimate of drug-likeness (QED) is 0.815. The Morgan fingerprint density at radius 2 is 2.26 bits per heavy atom. The number of hydrogen-bond donors (Lipinski definition) is 1. The molecule has 0 atom stereocenters. The normalized spacial score (nSPS) is 10.2. The second-order valence-corrected chi connectivity index (χ2v) is 3.72. The van der Waals surface area contributed by atoms with Crippen molar-refractivity contribution in [3.8, 4) is 0 Å². The van der Waals surface area contributed by atoms with Gasteiger partial charge in [-0.1, -0.05) is 6.92 Å². The SMILES string of the molecule is CCc1cnc(CNc2ccc(C(=O)OC)nn2)o1. The average Bonchev–Trinajstić information content (AvgIpc) is 2.93. The summed E-state index contributed by atoms with van der Waals surface area (Å²) >= 11 is 0. The summed E-state index contributed by atoms with van der Waals surface area (Å²) in [5, 5.41) is 10.6. The minimum absolute atomic E-state index is 0.164. The molecule has 0 amide bonds. The van der Waals surface area contributed by atoms with Crippen LogP contribution in [0.5, 0.6) is 0 Å². The van der Waals surface area contributed by atoms with E-state index in [0.29, 0.717) is 18.3 Å². The van der Waals surface area contributed by atoms with Crippen LogP contribution in [-0.4, -0.2) is 28.3 Å². The predicted molar refractivity (Wildman–Crippen MR) is 66.6 cm³/mol. The third-order valence-electron chi connectivity index (χ3n) is 2.43. The van der Waals surface area contributed by atoms with E-state index in [4.69, 9.17) is 4.42 Å². The Morgan fingerprint density at radius 1 is 1.42 bits per heavy atom. The second kappa shape index (κ2) is 5.94. The van der Waals surface area contributed by atoms with Crippen molar-refractivity contribution in [2.75, 3.05) is 12.4 Å². The Morgan fingerprint density at radius 3 is 2.84 bits per heavy atom. The van der Waals surface area contributed by atoms with Gasteiger partial charge in [0.05, 0.1) is 19.9 Å². The number of ether oxygens (including phenoxy) is 1. The zero-order valence-electron chi connectivity index (χ0n) is 10.7. The maximum absolute atomic E-state index is 11.2. The lowest BCUT2D eigenvalue weighted by Gasteiger charge is -2.02. The van der Waals surface area contributed by atoms with Crippen LogP contribution >= 0.6 is 0 Å². The minimum Gasteiger partial charge on any atom is -0.464 e.